The third-order valence-electron chi connectivity index (χ3n) is 6.11. The van der Waals surface area contributed by atoms with Crippen LogP contribution in [-0.4, -0.2) is 42.2 Å². The highest BCUT2D eigenvalue weighted by atomic mass is 35.5. The van der Waals surface area contributed by atoms with Crippen LogP contribution in [0.1, 0.15) is 44.1 Å². The standard InChI is InChI=1S/C23H29ClN2O2/c1-16-7-10-22(24)25-23(16)20-9-8-19(15-21(20)27-2)28-18-11-13-26(14-12-18)17-5-3-4-6-17/h7-10,15,17-18H,3-6,11-14H2,1-2H3. The summed E-state index contributed by atoms with van der Waals surface area (Å²) in [6.45, 7) is 4.33. The highest BCUT2D eigenvalue weighted by molar-refractivity contribution is 6.29. The van der Waals surface area contributed by atoms with Gasteiger partial charge in [0.15, 0.2) is 0 Å². The summed E-state index contributed by atoms with van der Waals surface area (Å²) in [7, 11) is 1.68. The number of aromatic nitrogens is 1. The number of rotatable bonds is 5. The molecular formula is C23H29ClN2O2. The Hall–Kier alpha value is -1.78. The maximum atomic E-state index is 6.30. The van der Waals surface area contributed by atoms with Gasteiger partial charge in [0, 0.05) is 30.8 Å². The molecule has 1 aliphatic heterocycles. The van der Waals surface area contributed by atoms with Crippen molar-refractivity contribution in [1.29, 1.82) is 0 Å². The van der Waals surface area contributed by atoms with Crippen molar-refractivity contribution in [2.24, 2.45) is 0 Å². The van der Waals surface area contributed by atoms with Gasteiger partial charge in [0.2, 0.25) is 0 Å². The third kappa shape index (κ3) is 4.28. The molecule has 1 aromatic carbocycles. The summed E-state index contributed by atoms with van der Waals surface area (Å²) in [5.41, 5.74) is 2.85. The van der Waals surface area contributed by atoms with Crippen LogP contribution in [0.2, 0.25) is 5.15 Å². The average Bonchev–Trinajstić information content (AvgIpc) is 3.25. The van der Waals surface area contributed by atoms with E-state index in [1.807, 2.05) is 37.3 Å². The molecule has 4 nitrogen and oxygen atoms in total. The van der Waals surface area contributed by atoms with Crippen molar-refractivity contribution < 1.29 is 9.47 Å². The predicted octanol–water partition coefficient (Wildman–Crippen LogP) is 5.50. The summed E-state index contributed by atoms with van der Waals surface area (Å²) in [6.07, 6.45) is 8.01. The summed E-state index contributed by atoms with van der Waals surface area (Å²) in [4.78, 5) is 7.15. The molecule has 0 spiro atoms. The largest absolute Gasteiger partial charge is 0.496 e. The van der Waals surface area contributed by atoms with Gasteiger partial charge in [0.25, 0.3) is 0 Å². The maximum absolute atomic E-state index is 6.30. The zero-order valence-corrected chi connectivity index (χ0v) is 17.5. The fourth-order valence-corrected chi connectivity index (χ4v) is 4.69. The van der Waals surface area contributed by atoms with E-state index < -0.39 is 0 Å². The van der Waals surface area contributed by atoms with E-state index in [1.54, 1.807) is 7.11 Å². The molecule has 0 atom stereocenters. The number of aryl methyl sites for hydroxylation is 1. The smallest absolute Gasteiger partial charge is 0.131 e. The van der Waals surface area contributed by atoms with Gasteiger partial charge in [-0.1, -0.05) is 30.5 Å². The Bertz CT molecular complexity index is 812. The van der Waals surface area contributed by atoms with Gasteiger partial charge in [0.05, 0.1) is 12.8 Å². The second-order valence-corrected chi connectivity index (χ2v) is 8.34. The lowest BCUT2D eigenvalue weighted by Gasteiger charge is -2.36. The van der Waals surface area contributed by atoms with Gasteiger partial charge in [-0.15, -0.1) is 0 Å². The molecule has 2 aromatic rings. The second-order valence-electron chi connectivity index (χ2n) is 7.95. The molecule has 0 bridgehead atoms. The molecule has 2 heterocycles. The van der Waals surface area contributed by atoms with Crippen molar-refractivity contribution in [2.45, 2.75) is 57.6 Å². The van der Waals surface area contributed by atoms with Crippen LogP contribution in [0.4, 0.5) is 0 Å². The first-order valence-electron chi connectivity index (χ1n) is 10.4. The molecule has 2 fully saturated rings. The molecular weight excluding hydrogens is 372 g/mol. The number of nitrogens with zero attached hydrogens (tertiary/aromatic N) is 2. The van der Waals surface area contributed by atoms with Crippen LogP contribution in [0, 0.1) is 6.92 Å². The first-order chi connectivity index (χ1) is 13.6. The number of hydrogen-bond acceptors (Lipinski definition) is 4. The molecule has 0 amide bonds. The molecule has 150 valence electrons. The lowest BCUT2D eigenvalue weighted by molar-refractivity contribution is 0.0767. The zero-order valence-electron chi connectivity index (χ0n) is 16.8. The lowest BCUT2D eigenvalue weighted by atomic mass is 10.0. The van der Waals surface area contributed by atoms with Gasteiger partial charge in [-0.25, -0.2) is 4.98 Å². The first-order valence-corrected chi connectivity index (χ1v) is 10.7. The van der Waals surface area contributed by atoms with Crippen molar-refractivity contribution in [2.75, 3.05) is 20.2 Å². The minimum atomic E-state index is 0.277. The number of pyridine rings is 1. The Kier molecular flexibility index (Phi) is 6.07. The predicted molar refractivity (Wildman–Crippen MR) is 113 cm³/mol. The number of hydrogen-bond donors (Lipinski definition) is 0. The van der Waals surface area contributed by atoms with Crippen LogP contribution in [0.3, 0.4) is 0 Å². The van der Waals surface area contributed by atoms with Crippen molar-refractivity contribution in [3.63, 3.8) is 0 Å². The van der Waals surface area contributed by atoms with Gasteiger partial charge in [0.1, 0.15) is 22.8 Å². The summed E-state index contributed by atoms with van der Waals surface area (Å²) >= 11 is 6.10. The molecule has 0 unspecified atom stereocenters. The summed E-state index contributed by atoms with van der Waals surface area (Å²) < 4.78 is 11.9. The topological polar surface area (TPSA) is 34.6 Å². The van der Waals surface area contributed by atoms with Crippen LogP contribution in [-0.2, 0) is 0 Å². The van der Waals surface area contributed by atoms with E-state index in [9.17, 15) is 0 Å². The normalized spacial score (nSPS) is 19.1. The number of ether oxygens (including phenoxy) is 2. The van der Waals surface area contributed by atoms with E-state index in [4.69, 9.17) is 21.1 Å². The number of methoxy groups -OCH3 is 1. The highest BCUT2D eigenvalue weighted by Gasteiger charge is 2.28. The van der Waals surface area contributed by atoms with Crippen molar-refractivity contribution >= 4 is 11.6 Å². The van der Waals surface area contributed by atoms with Crippen LogP contribution in [0.5, 0.6) is 11.5 Å². The second kappa shape index (κ2) is 8.71. The summed E-state index contributed by atoms with van der Waals surface area (Å²) in [5, 5.41) is 0.483. The molecule has 1 aromatic heterocycles. The summed E-state index contributed by atoms with van der Waals surface area (Å²) in [5.74, 6) is 1.62. The van der Waals surface area contributed by atoms with E-state index >= 15 is 0 Å². The van der Waals surface area contributed by atoms with Crippen molar-refractivity contribution in [3.05, 3.63) is 41.0 Å². The Morgan fingerprint density at radius 3 is 2.50 bits per heavy atom. The SMILES string of the molecule is COc1cc(OC2CCN(C3CCCC3)CC2)ccc1-c1nc(Cl)ccc1C. The fraction of sp³-hybridized carbons (Fsp3) is 0.522. The van der Waals surface area contributed by atoms with Crippen LogP contribution < -0.4 is 9.47 Å². The third-order valence-corrected chi connectivity index (χ3v) is 6.32. The fourth-order valence-electron chi connectivity index (χ4n) is 4.54. The zero-order chi connectivity index (χ0) is 19.5. The van der Waals surface area contributed by atoms with Crippen LogP contribution in [0.15, 0.2) is 30.3 Å². The molecule has 0 N–H and O–H groups in total. The highest BCUT2D eigenvalue weighted by Crippen LogP contribution is 2.35. The molecule has 1 aliphatic carbocycles. The van der Waals surface area contributed by atoms with Gasteiger partial charge in [-0.2, -0.15) is 0 Å². The minimum Gasteiger partial charge on any atom is -0.496 e. The minimum absolute atomic E-state index is 0.277. The molecule has 1 saturated heterocycles. The Balaban J connectivity index is 1.44. The molecule has 0 radical (unpaired) electrons. The van der Waals surface area contributed by atoms with E-state index in [0.29, 0.717) is 5.15 Å². The van der Waals surface area contributed by atoms with Crippen LogP contribution >= 0.6 is 11.6 Å². The van der Waals surface area contributed by atoms with Gasteiger partial charge in [-0.3, -0.25) is 0 Å². The molecule has 28 heavy (non-hydrogen) atoms. The Labute approximate surface area is 172 Å². The number of benzene rings is 1. The number of halogens is 1. The van der Waals surface area contributed by atoms with Crippen molar-refractivity contribution in [1.82, 2.24) is 9.88 Å². The molecule has 5 heteroatoms. The van der Waals surface area contributed by atoms with Gasteiger partial charge < -0.3 is 14.4 Å². The number of piperidine rings is 1. The lowest BCUT2D eigenvalue weighted by Crippen LogP contribution is -2.43. The molecule has 4 rings (SSSR count). The Morgan fingerprint density at radius 2 is 1.79 bits per heavy atom. The quantitative estimate of drug-likeness (QED) is 0.620. The van der Waals surface area contributed by atoms with E-state index in [1.165, 1.54) is 25.7 Å². The van der Waals surface area contributed by atoms with Gasteiger partial charge in [-0.05, 0) is 56.4 Å². The molecule has 2 aliphatic rings. The number of likely N-dealkylation sites (tertiary alicyclic amines) is 1. The first kappa shape index (κ1) is 19.5. The van der Waals surface area contributed by atoms with E-state index in [-0.39, 0.29) is 6.10 Å². The maximum Gasteiger partial charge on any atom is 0.131 e. The van der Waals surface area contributed by atoms with Crippen LogP contribution in [0.25, 0.3) is 11.3 Å². The van der Waals surface area contributed by atoms with Crippen molar-refractivity contribution in [3.8, 4) is 22.8 Å². The van der Waals surface area contributed by atoms with E-state index in [0.717, 1.165) is 60.3 Å². The Morgan fingerprint density at radius 1 is 1.04 bits per heavy atom. The average molecular weight is 401 g/mol. The summed E-state index contributed by atoms with van der Waals surface area (Å²) in [6, 6.07) is 10.6. The monoisotopic (exact) mass is 400 g/mol. The van der Waals surface area contributed by atoms with Gasteiger partial charge >= 0.3 is 0 Å². The van der Waals surface area contributed by atoms with E-state index in [2.05, 4.69) is 9.88 Å². The molecule has 1 saturated carbocycles.